The maximum atomic E-state index is 12.6. The van der Waals surface area contributed by atoms with E-state index < -0.39 is 0 Å². The smallest absolute Gasteiger partial charge is 0.321 e. The molecule has 152 valence electrons. The molecule has 1 aromatic carbocycles. The number of carbonyl (C=O) groups is 1. The largest absolute Gasteiger partial charge is 0.376 e. The van der Waals surface area contributed by atoms with Crippen molar-refractivity contribution in [3.8, 4) is 0 Å². The van der Waals surface area contributed by atoms with E-state index in [1.165, 1.54) is 5.52 Å². The summed E-state index contributed by atoms with van der Waals surface area (Å²) < 4.78 is 13.9. The number of aryl methyl sites for hydroxylation is 1. The number of likely N-dealkylation sites (tertiary alicyclic amines) is 1. The minimum atomic E-state index is -0.0232. The van der Waals surface area contributed by atoms with Gasteiger partial charge in [-0.25, -0.2) is 4.79 Å². The Labute approximate surface area is 166 Å². The van der Waals surface area contributed by atoms with Gasteiger partial charge in [0, 0.05) is 49.0 Å². The van der Waals surface area contributed by atoms with E-state index in [-0.39, 0.29) is 18.2 Å². The van der Waals surface area contributed by atoms with Crippen LogP contribution in [-0.4, -0.2) is 54.0 Å². The van der Waals surface area contributed by atoms with Gasteiger partial charge in [0.05, 0.1) is 18.8 Å². The maximum Gasteiger partial charge on any atom is 0.321 e. The molecule has 1 unspecified atom stereocenters. The first-order chi connectivity index (χ1) is 13.7. The highest BCUT2D eigenvalue weighted by Gasteiger charge is 2.25. The van der Waals surface area contributed by atoms with E-state index in [1.54, 1.807) is 0 Å². The summed E-state index contributed by atoms with van der Waals surface area (Å²) in [5, 5.41) is 4.21. The Morgan fingerprint density at radius 3 is 2.86 bits per heavy atom. The monoisotopic (exact) mass is 385 g/mol. The Morgan fingerprint density at radius 2 is 2.11 bits per heavy atom. The van der Waals surface area contributed by atoms with Gasteiger partial charge in [-0.1, -0.05) is 6.92 Å². The van der Waals surface area contributed by atoms with E-state index in [1.807, 2.05) is 11.0 Å². The lowest BCUT2D eigenvalue weighted by molar-refractivity contribution is -0.0377. The zero-order valence-corrected chi connectivity index (χ0v) is 16.7. The molecule has 0 bridgehead atoms. The fourth-order valence-corrected chi connectivity index (χ4v) is 4.16. The van der Waals surface area contributed by atoms with Crippen LogP contribution in [0, 0.1) is 0 Å². The van der Waals surface area contributed by atoms with Gasteiger partial charge >= 0.3 is 6.03 Å². The molecule has 1 N–H and O–H groups in total. The molecule has 0 saturated carbocycles. The summed E-state index contributed by atoms with van der Waals surface area (Å²) >= 11 is 0. The van der Waals surface area contributed by atoms with Gasteiger partial charge in [0.15, 0.2) is 0 Å². The molecule has 2 fully saturated rings. The highest BCUT2D eigenvalue weighted by molar-refractivity contribution is 5.93. The number of hydrogen-bond acceptors (Lipinski definition) is 3. The maximum absolute atomic E-state index is 12.6. The Bertz CT molecular complexity index is 789. The van der Waals surface area contributed by atoms with Crippen LogP contribution < -0.4 is 5.32 Å². The molecule has 2 aliphatic heterocycles. The summed E-state index contributed by atoms with van der Waals surface area (Å²) in [5.41, 5.74) is 2.06. The third-order valence-electron chi connectivity index (χ3n) is 5.76. The lowest BCUT2D eigenvalue weighted by Gasteiger charge is -2.32. The number of nitrogens with zero attached hydrogens (tertiary/aromatic N) is 2. The highest BCUT2D eigenvalue weighted by Crippen LogP contribution is 2.22. The summed E-state index contributed by atoms with van der Waals surface area (Å²) in [6, 6.07) is 8.22. The molecule has 2 saturated heterocycles. The molecule has 1 aromatic heterocycles. The molecule has 2 amide bonds. The summed E-state index contributed by atoms with van der Waals surface area (Å²) in [6.07, 6.45) is 7.75. The molecule has 6 nitrogen and oxygen atoms in total. The van der Waals surface area contributed by atoms with Crippen molar-refractivity contribution >= 4 is 22.6 Å². The number of urea groups is 1. The van der Waals surface area contributed by atoms with Crippen LogP contribution in [0.1, 0.15) is 39.0 Å². The number of anilines is 1. The lowest BCUT2D eigenvalue weighted by atomic mass is 10.1. The molecule has 3 heterocycles. The summed E-state index contributed by atoms with van der Waals surface area (Å²) in [4.78, 5) is 14.5. The number of aromatic nitrogens is 1. The second-order valence-corrected chi connectivity index (χ2v) is 7.87. The van der Waals surface area contributed by atoms with Gasteiger partial charge in [0.1, 0.15) is 0 Å². The average molecular weight is 386 g/mol. The molecule has 6 heteroatoms. The van der Waals surface area contributed by atoms with Gasteiger partial charge in [-0.2, -0.15) is 0 Å². The first-order valence-corrected chi connectivity index (χ1v) is 10.6. The third-order valence-corrected chi connectivity index (χ3v) is 5.76. The standard InChI is InChI=1S/C22H31N3O3/c1-2-10-24-11-7-17-15-18(5-6-21(17)24)23-22(26)25-12-8-19(9-13-25)28-16-20-4-3-14-27-20/h5-7,11,15,19-20H,2-4,8-10,12-14,16H2,1H3,(H,23,26). The molecule has 28 heavy (non-hydrogen) atoms. The van der Waals surface area contributed by atoms with Crippen LogP contribution in [0.15, 0.2) is 30.5 Å². The Hall–Kier alpha value is -2.05. The normalized spacial score (nSPS) is 20.8. The summed E-state index contributed by atoms with van der Waals surface area (Å²) in [6.45, 7) is 6.21. The van der Waals surface area contributed by atoms with Crippen LogP contribution >= 0.6 is 0 Å². The van der Waals surface area contributed by atoms with Gasteiger partial charge in [-0.15, -0.1) is 0 Å². The number of ether oxygens (including phenoxy) is 2. The molecule has 4 rings (SSSR count). The minimum Gasteiger partial charge on any atom is -0.376 e. The van der Waals surface area contributed by atoms with Crippen molar-refractivity contribution in [2.24, 2.45) is 0 Å². The second kappa shape index (κ2) is 8.97. The van der Waals surface area contributed by atoms with Crippen LogP contribution in [0.2, 0.25) is 0 Å². The summed E-state index contributed by atoms with van der Waals surface area (Å²) in [7, 11) is 0. The predicted octanol–water partition coefficient (Wildman–Crippen LogP) is 4.24. The number of piperidine rings is 1. The average Bonchev–Trinajstić information content (AvgIpc) is 3.37. The predicted molar refractivity (Wildman–Crippen MR) is 111 cm³/mol. The fraction of sp³-hybridized carbons (Fsp3) is 0.591. The lowest BCUT2D eigenvalue weighted by Crippen LogP contribution is -2.43. The van der Waals surface area contributed by atoms with E-state index in [0.29, 0.717) is 6.61 Å². The zero-order valence-electron chi connectivity index (χ0n) is 16.7. The van der Waals surface area contributed by atoms with Crippen molar-refractivity contribution in [1.29, 1.82) is 0 Å². The number of carbonyl (C=O) groups excluding carboxylic acids is 1. The molecule has 2 aromatic rings. The van der Waals surface area contributed by atoms with Crippen molar-refractivity contribution < 1.29 is 14.3 Å². The first-order valence-electron chi connectivity index (χ1n) is 10.6. The van der Waals surface area contributed by atoms with E-state index >= 15 is 0 Å². The van der Waals surface area contributed by atoms with Gasteiger partial charge in [0.2, 0.25) is 0 Å². The Balaban J connectivity index is 1.26. The molecule has 0 radical (unpaired) electrons. The number of amides is 2. The van der Waals surface area contributed by atoms with Gasteiger partial charge in [0.25, 0.3) is 0 Å². The van der Waals surface area contributed by atoms with Crippen LogP contribution in [-0.2, 0) is 16.0 Å². The number of hydrogen-bond donors (Lipinski definition) is 1. The van der Waals surface area contributed by atoms with E-state index in [0.717, 1.165) is 69.4 Å². The van der Waals surface area contributed by atoms with Crippen molar-refractivity contribution in [3.63, 3.8) is 0 Å². The van der Waals surface area contributed by atoms with E-state index in [9.17, 15) is 4.79 Å². The number of benzene rings is 1. The molecular weight excluding hydrogens is 354 g/mol. The summed E-state index contributed by atoms with van der Waals surface area (Å²) in [5.74, 6) is 0. The molecule has 2 aliphatic rings. The van der Waals surface area contributed by atoms with Crippen LogP contribution in [0.3, 0.4) is 0 Å². The topological polar surface area (TPSA) is 55.7 Å². The molecule has 1 atom stereocenters. The minimum absolute atomic E-state index is 0.0232. The number of fused-ring (bicyclic) bond motifs is 1. The Kier molecular flexibility index (Phi) is 6.17. The van der Waals surface area contributed by atoms with Crippen LogP contribution in [0.25, 0.3) is 10.9 Å². The van der Waals surface area contributed by atoms with E-state index in [2.05, 4.69) is 41.2 Å². The van der Waals surface area contributed by atoms with Crippen molar-refractivity contribution in [1.82, 2.24) is 9.47 Å². The van der Waals surface area contributed by atoms with Crippen molar-refractivity contribution in [2.45, 2.75) is 57.8 Å². The zero-order chi connectivity index (χ0) is 19.3. The molecular formula is C22H31N3O3. The third kappa shape index (κ3) is 4.50. The van der Waals surface area contributed by atoms with Gasteiger partial charge < -0.3 is 24.3 Å². The van der Waals surface area contributed by atoms with Crippen molar-refractivity contribution in [3.05, 3.63) is 30.5 Å². The van der Waals surface area contributed by atoms with Gasteiger partial charge in [-0.3, -0.25) is 0 Å². The first kappa shape index (κ1) is 19.3. The van der Waals surface area contributed by atoms with Crippen LogP contribution in [0.5, 0.6) is 0 Å². The van der Waals surface area contributed by atoms with Crippen LogP contribution in [0.4, 0.5) is 10.5 Å². The fourth-order valence-electron chi connectivity index (χ4n) is 4.16. The molecule has 0 spiro atoms. The number of nitrogens with one attached hydrogen (secondary N) is 1. The van der Waals surface area contributed by atoms with Crippen molar-refractivity contribution in [2.75, 3.05) is 31.6 Å². The SMILES string of the molecule is CCCn1ccc2cc(NC(=O)N3CCC(OCC4CCCO4)CC3)ccc21. The van der Waals surface area contributed by atoms with Gasteiger partial charge in [-0.05, 0) is 56.4 Å². The van der Waals surface area contributed by atoms with E-state index in [4.69, 9.17) is 9.47 Å². The molecule has 0 aliphatic carbocycles. The Morgan fingerprint density at radius 1 is 1.25 bits per heavy atom. The second-order valence-electron chi connectivity index (χ2n) is 7.87. The highest BCUT2D eigenvalue weighted by atomic mass is 16.5. The quantitative estimate of drug-likeness (QED) is 0.809. The number of rotatable bonds is 6.